The van der Waals surface area contributed by atoms with Crippen LogP contribution in [-0.2, 0) is 23.1 Å². The van der Waals surface area contributed by atoms with E-state index in [1.165, 1.54) is 11.1 Å². The highest BCUT2D eigenvalue weighted by Crippen LogP contribution is 2.36. The minimum Gasteiger partial charge on any atom is -0.491 e. The van der Waals surface area contributed by atoms with Gasteiger partial charge in [0.15, 0.2) is 0 Å². The third-order valence-electron chi connectivity index (χ3n) is 6.31. The van der Waals surface area contributed by atoms with Gasteiger partial charge in [0.2, 0.25) is 0 Å². The molecule has 1 aromatic heterocycles. The Balaban J connectivity index is 1.35. The molecule has 176 valence electrons. The van der Waals surface area contributed by atoms with Gasteiger partial charge in [-0.3, -0.25) is 9.88 Å². The van der Waals surface area contributed by atoms with Crippen LogP contribution in [-0.4, -0.2) is 52.5 Å². The summed E-state index contributed by atoms with van der Waals surface area (Å²) < 4.78 is 12.1. The van der Waals surface area contributed by atoms with Crippen molar-refractivity contribution in [2.45, 2.75) is 51.2 Å². The van der Waals surface area contributed by atoms with Crippen molar-refractivity contribution in [1.82, 2.24) is 20.1 Å². The van der Waals surface area contributed by atoms with Gasteiger partial charge in [0.05, 0.1) is 25.9 Å². The van der Waals surface area contributed by atoms with Crippen LogP contribution in [0.3, 0.4) is 0 Å². The van der Waals surface area contributed by atoms with E-state index < -0.39 is 0 Å². The molecule has 1 saturated heterocycles. The molecule has 1 aliphatic heterocycles. The van der Waals surface area contributed by atoms with Crippen LogP contribution in [0.25, 0.3) is 0 Å². The number of hydrogen-bond acceptors (Lipinski definition) is 5. The smallest absolute Gasteiger partial charge is 0.340 e. The normalized spacial score (nSPS) is 16.2. The van der Waals surface area contributed by atoms with Gasteiger partial charge >= 0.3 is 5.69 Å². The maximum Gasteiger partial charge on any atom is 0.340 e. The van der Waals surface area contributed by atoms with E-state index in [4.69, 9.17) is 9.47 Å². The van der Waals surface area contributed by atoms with Crippen LogP contribution in [0, 0.1) is 0 Å². The summed E-state index contributed by atoms with van der Waals surface area (Å²) in [5.41, 5.74) is 2.31. The first-order chi connectivity index (χ1) is 16.0. The van der Waals surface area contributed by atoms with Gasteiger partial charge < -0.3 is 9.47 Å². The number of nitrogens with one attached hydrogen (secondary N) is 2. The lowest BCUT2D eigenvalue weighted by Gasteiger charge is -2.42. The van der Waals surface area contributed by atoms with Crippen LogP contribution in [0.1, 0.15) is 43.6 Å². The van der Waals surface area contributed by atoms with E-state index in [9.17, 15) is 4.79 Å². The second kappa shape index (κ2) is 10.8. The molecule has 0 unspecified atom stereocenters. The highest BCUT2D eigenvalue weighted by molar-refractivity contribution is 5.29. The molecule has 1 fully saturated rings. The van der Waals surface area contributed by atoms with Gasteiger partial charge in [-0.15, -0.1) is 0 Å². The van der Waals surface area contributed by atoms with Crippen molar-refractivity contribution in [2.75, 3.05) is 26.3 Å². The van der Waals surface area contributed by atoms with Gasteiger partial charge in [0, 0.05) is 5.41 Å². The Morgan fingerprint density at radius 3 is 2.58 bits per heavy atom. The van der Waals surface area contributed by atoms with Gasteiger partial charge in [0.1, 0.15) is 11.6 Å². The summed E-state index contributed by atoms with van der Waals surface area (Å²) in [5.74, 6) is 1.60. The zero-order chi connectivity index (χ0) is 23.1. The molecule has 2 heterocycles. The topological polar surface area (TPSA) is 83.2 Å². The van der Waals surface area contributed by atoms with Gasteiger partial charge in [-0.1, -0.05) is 42.5 Å². The Labute approximate surface area is 195 Å². The largest absolute Gasteiger partial charge is 0.491 e. The van der Waals surface area contributed by atoms with Crippen LogP contribution in [0.5, 0.6) is 5.75 Å². The Morgan fingerprint density at radius 2 is 1.88 bits per heavy atom. The summed E-state index contributed by atoms with van der Waals surface area (Å²) in [6.45, 7) is 7.98. The quantitative estimate of drug-likeness (QED) is 0.461. The number of rotatable bonds is 10. The Bertz CT molecular complexity index is 1050. The summed E-state index contributed by atoms with van der Waals surface area (Å²) in [6, 6.07) is 19.0. The number of ether oxygens (including phenoxy) is 2. The summed E-state index contributed by atoms with van der Waals surface area (Å²) in [4.78, 5) is 16.4. The van der Waals surface area contributed by atoms with Crippen LogP contribution < -0.4 is 10.4 Å². The number of piperidine rings is 1. The molecular weight excluding hydrogens is 416 g/mol. The van der Waals surface area contributed by atoms with E-state index in [-0.39, 0.29) is 17.2 Å². The number of aromatic nitrogens is 3. The molecule has 0 spiro atoms. The van der Waals surface area contributed by atoms with Gasteiger partial charge in [-0.05, 0) is 69.5 Å². The fourth-order valence-electron chi connectivity index (χ4n) is 4.54. The molecule has 2 N–H and O–H groups in total. The van der Waals surface area contributed by atoms with Crippen LogP contribution in [0.2, 0.25) is 0 Å². The average Bonchev–Trinajstić information content (AvgIpc) is 3.23. The standard InChI is InChI=1S/C26H34N4O3/c1-20(2)33-23-10-6-7-21(17-23)11-16-32-19-26(22-8-4-3-5-9-22)12-14-30(15-13-26)18-24-27-25(31)29-28-24/h3-10,17,20H,11-16,18-19H2,1-2H3,(H2,27,28,29,31). The maximum absolute atomic E-state index is 11.3. The first kappa shape index (κ1) is 23.3. The lowest BCUT2D eigenvalue weighted by atomic mass is 9.73. The van der Waals surface area contributed by atoms with Crippen LogP contribution in [0.15, 0.2) is 59.4 Å². The third-order valence-corrected chi connectivity index (χ3v) is 6.31. The highest BCUT2D eigenvalue weighted by Gasteiger charge is 2.36. The molecule has 4 rings (SSSR count). The van der Waals surface area contributed by atoms with Gasteiger partial charge in [-0.25, -0.2) is 9.89 Å². The Morgan fingerprint density at radius 1 is 1.09 bits per heavy atom. The van der Waals surface area contributed by atoms with Gasteiger partial charge in [0.25, 0.3) is 0 Å². The molecule has 0 radical (unpaired) electrons. The zero-order valence-electron chi connectivity index (χ0n) is 19.5. The number of nitrogens with zero attached hydrogens (tertiary/aromatic N) is 2. The van der Waals surface area contributed by atoms with Crippen molar-refractivity contribution < 1.29 is 9.47 Å². The van der Waals surface area contributed by atoms with Crippen molar-refractivity contribution in [3.8, 4) is 5.75 Å². The summed E-state index contributed by atoms with van der Waals surface area (Å²) >= 11 is 0. The van der Waals surface area contributed by atoms with Gasteiger partial charge in [-0.2, -0.15) is 5.10 Å². The molecule has 7 heteroatoms. The predicted octanol–water partition coefficient (Wildman–Crippen LogP) is 3.68. The molecule has 0 amide bonds. The highest BCUT2D eigenvalue weighted by atomic mass is 16.5. The van der Waals surface area contributed by atoms with E-state index in [0.717, 1.165) is 38.1 Å². The number of hydrogen-bond donors (Lipinski definition) is 2. The first-order valence-electron chi connectivity index (χ1n) is 11.8. The van der Waals surface area contributed by atoms with Crippen LogP contribution >= 0.6 is 0 Å². The van der Waals surface area contributed by atoms with Crippen molar-refractivity contribution in [3.63, 3.8) is 0 Å². The molecule has 0 aliphatic carbocycles. The molecule has 7 nitrogen and oxygen atoms in total. The maximum atomic E-state index is 11.3. The molecule has 1 aliphatic rings. The molecule has 0 atom stereocenters. The fourth-order valence-corrected chi connectivity index (χ4v) is 4.54. The van der Waals surface area contributed by atoms with E-state index >= 15 is 0 Å². The number of likely N-dealkylation sites (tertiary alicyclic amines) is 1. The monoisotopic (exact) mass is 450 g/mol. The SMILES string of the molecule is CC(C)Oc1cccc(CCOCC2(c3ccccc3)CCN(Cc3n[nH]c(=O)[nH]3)CC2)c1. The van der Waals surface area contributed by atoms with Crippen LogP contribution in [0.4, 0.5) is 0 Å². The number of H-pyrrole nitrogens is 2. The molecule has 2 aromatic carbocycles. The summed E-state index contributed by atoms with van der Waals surface area (Å²) in [5, 5.41) is 6.49. The van der Waals surface area contributed by atoms with Crippen molar-refractivity contribution >= 4 is 0 Å². The van der Waals surface area contributed by atoms with Crippen molar-refractivity contribution in [1.29, 1.82) is 0 Å². The Hall–Kier alpha value is -2.90. The van der Waals surface area contributed by atoms with Crippen molar-refractivity contribution in [3.05, 3.63) is 82.0 Å². The second-order valence-electron chi connectivity index (χ2n) is 9.16. The number of benzene rings is 2. The third kappa shape index (κ3) is 6.33. The zero-order valence-corrected chi connectivity index (χ0v) is 19.5. The van der Waals surface area contributed by atoms with E-state index in [0.29, 0.717) is 25.6 Å². The fraction of sp³-hybridized carbons (Fsp3) is 0.462. The first-order valence-corrected chi connectivity index (χ1v) is 11.8. The minimum atomic E-state index is -0.254. The molecule has 0 saturated carbocycles. The number of aromatic amines is 2. The molecular formula is C26H34N4O3. The lowest BCUT2D eigenvalue weighted by Crippen LogP contribution is -2.45. The molecule has 33 heavy (non-hydrogen) atoms. The summed E-state index contributed by atoms with van der Waals surface area (Å²) in [7, 11) is 0. The molecule has 0 bridgehead atoms. The Kier molecular flexibility index (Phi) is 7.62. The minimum absolute atomic E-state index is 0.000649. The lowest BCUT2D eigenvalue weighted by molar-refractivity contribution is 0.0437. The average molecular weight is 451 g/mol. The second-order valence-corrected chi connectivity index (χ2v) is 9.16. The van der Waals surface area contributed by atoms with E-state index in [1.807, 2.05) is 26.0 Å². The van der Waals surface area contributed by atoms with E-state index in [1.54, 1.807) is 0 Å². The predicted molar refractivity (Wildman–Crippen MR) is 129 cm³/mol. The van der Waals surface area contributed by atoms with E-state index in [2.05, 4.69) is 62.5 Å². The molecule has 3 aromatic rings. The summed E-state index contributed by atoms with van der Waals surface area (Å²) in [6.07, 6.45) is 3.03. The van der Waals surface area contributed by atoms with Crippen molar-refractivity contribution in [2.24, 2.45) is 0 Å².